The van der Waals surface area contributed by atoms with Gasteiger partial charge in [-0.2, -0.15) is 13.2 Å². The first-order valence-corrected chi connectivity index (χ1v) is 7.07. The van der Waals surface area contributed by atoms with E-state index in [1.165, 1.54) is 0 Å². The summed E-state index contributed by atoms with van der Waals surface area (Å²) in [5, 5.41) is -0.199. The third kappa shape index (κ3) is 6.98. The molecule has 0 bridgehead atoms. The van der Waals surface area contributed by atoms with Crippen LogP contribution in [0.2, 0.25) is 5.02 Å². The van der Waals surface area contributed by atoms with Gasteiger partial charge in [-0.3, -0.25) is 0 Å². The highest BCUT2D eigenvalue weighted by molar-refractivity contribution is 14.0. The van der Waals surface area contributed by atoms with Crippen molar-refractivity contribution in [1.82, 2.24) is 9.88 Å². The SMILES string of the molecule is CCN(CC)C(N)=NCCOc1ncc(C(F)(F)F)cc1Cl.I. The summed E-state index contributed by atoms with van der Waals surface area (Å²) in [6, 6.07) is 0.775. The third-order valence-corrected chi connectivity index (χ3v) is 3.10. The molecule has 2 N–H and O–H groups in total. The largest absolute Gasteiger partial charge is 0.475 e. The van der Waals surface area contributed by atoms with Gasteiger partial charge in [-0.1, -0.05) is 11.6 Å². The minimum Gasteiger partial charge on any atom is -0.475 e. The van der Waals surface area contributed by atoms with E-state index in [4.69, 9.17) is 22.1 Å². The molecule has 0 aliphatic carbocycles. The van der Waals surface area contributed by atoms with E-state index in [1.54, 1.807) is 0 Å². The first-order valence-electron chi connectivity index (χ1n) is 6.70. The van der Waals surface area contributed by atoms with Gasteiger partial charge in [0.15, 0.2) is 5.96 Å². The average molecular weight is 467 g/mol. The molecular weight excluding hydrogens is 448 g/mol. The zero-order chi connectivity index (χ0) is 16.8. The average Bonchev–Trinajstić information content (AvgIpc) is 2.45. The van der Waals surface area contributed by atoms with Gasteiger partial charge in [0.1, 0.15) is 11.6 Å². The van der Waals surface area contributed by atoms with Crippen LogP contribution in [0.3, 0.4) is 0 Å². The van der Waals surface area contributed by atoms with Gasteiger partial charge in [-0.25, -0.2) is 9.98 Å². The Balaban J connectivity index is 0.00000484. The van der Waals surface area contributed by atoms with Crippen LogP contribution in [0.5, 0.6) is 5.88 Å². The van der Waals surface area contributed by atoms with Gasteiger partial charge in [0, 0.05) is 19.3 Å². The lowest BCUT2D eigenvalue weighted by Crippen LogP contribution is -2.37. The van der Waals surface area contributed by atoms with E-state index in [9.17, 15) is 13.2 Å². The van der Waals surface area contributed by atoms with Gasteiger partial charge in [0.25, 0.3) is 0 Å². The maximum atomic E-state index is 12.5. The molecule has 1 aromatic rings. The predicted octanol–water partition coefficient (Wildman–Crippen LogP) is 3.41. The van der Waals surface area contributed by atoms with E-state index in [0.29, 0.717) is 12.2 Å². The highest BCUT2D eigenvalue weighted by Gasteiger charge is 2.31. The first kappa shape index (κ1) is 22.0. The number of aliphatic imine (C=N–C) groups is 1. The van der Waals surface area contributed by atoms with Crippen molar-refractivity contribution >= 4 is 41.5 Å². The minimum atomic E-state index is -4.49. The molecule has 1 aromatic heterocycles. The van der Waals surface area contributed by atoms with Crippen molar-refractivity contribution in [1.29, 1.82) is 0 Å². The molecule has 0 aliphatic rings. The molecule has 0 saturated carbocycles. The second-order valence-corrected chi connectivity index (χ2v) is 4.68. The number of alkyl halides is 3. The first-order chi connectivity index (χ1) is 10.3. The topological polar surface area (TPSA) is 63.7 Å². The number of halogens is 5. The van der Waals surface area contributed by atoms with E-state index in [1.807, 2.05) is 18.7 Å². The van der Waals surface area contributed by atoms with Crippen LogP contribution in [0.15, 0.2) is 17.3 Å². The number of rotatable bonds is 6. The monoisotopic (exact) mass is 466 g/mol. The number of hydrogen-bond donors (Lipinski definition) is 1. The number of ether oxygens (including phenoxy) is 1. The van der Waals surface area contributed by atoms with Crippen molar-refractivity contribution in [3.63, 3.8) is 0 Å². The normalized spacial score (nSPS) is 11.8. The van der Waals surface area contributed by atoms with E-state index in [-0.39, 0.29) is 48.0 Å². The lowest BCUT2D eigenvalue weighted by molar-refractivity contribution is -0.137. The summed E-state index contributed by atoms with van der Waals surface area (Å²) < 4.78 is 42.6. The second-order valence-electron chi connectivity index (χ2n) is 4.27. The van der Waals surface area contributed by atoms with Crippen LogP contribution in [0.25, 0.3) is 0 Å². The molecule has 132 valence electrons. The summed E-state index contributed by atoms with van der Waals surface area (Å²) in [6.45, 7) is 5.74. The predicted molar refractivity (Wildman–Crippen MR) is 94.6 cm³/mol. The van der Waals surface area contributed by atoms with Crippen molar-refractivity contribution < 1.29 is 17.9 Å². The Morgan fingerprint density at radius 2 is 2.00 bits per heavy atom. The summed E-state index contributed by atoms with van der Waals surface area (Å²) in [7, 11) is 0. The molecule has 0 aromatic carbocycles. The Hall–Kier alpha value is -0.970. The number of guanidine groups is 1. The van der Waals surface area contributed by atoms with Crippen LogP contribution in [-0.4, -0.2) is 42.1 Å². The number of nitrogens with zero attached hydrogens (tertiary/aromatic N) is 3. The van der Waals surface area contributed by atoms with Gasteiger partial charge >= 0.3 is 6.18 Å². The van der Waals surface area contributed by atoms with Crippen LogP contribution in [-0.2, 0) is 6.18 Å². The fourth-order valence-electron chi connectivity index (χ4n) is 1.64. The van der Waals surface area contributed by atoms with E-state index in [2.05, 4.69) is 9.98 Å². The molecule has 23 heavy (non-hydrogen) atoms. The third-order valence-electron chi connectivity index (χ3n) is 2.83. The second kappa shape index (κ2) is 10.0. The lowest BCUT2D eigenvalue weighted by Gasteiger charge is -2.19. The summed E-state index contributed by atoms with van der Waals surface area (Å²) in [5.41, 5.74) is 4.85. The molecule has 0 radical (unpaired) electrons. The van der Waals surface area contributed by atoms with Crippen molar-refractivity contribution in [3.05, 3.63) is 22.8 Å². The van der Waals surface area contributed by atoms with Crippen LogP contribution < -0.4 is 10.5 Å². The van der Waals surface area contributed by atoms with Gasteiger partial charge in [-0.15, -0.1) is 24.0 Å². The lowest BCUT2D eigenvalue weighted by atomic mass is 10.3. The zero-order valence-corrected chi connectivity index (χ0v) is 15.8. The van der Waals surface area contributed by atoms with Gasteiger partial charge in [-0.05, 0) is 19.9 Å². The molecule has 0 aliphatic heterocycles. The van der Waals surface area contributed by atoms with Crippen LogP contribution in [0.1, 0.15) is 19.4 Å². The molecule has 0 amide bonds. The summed E-state index contributed by atoms with van der Waals surface area (Å²) >= 11 is 5.72. The van der Waals surface area contributed by atoms with E-state index in [0.717, 1.165) is 19.2 Å². The Labute approximate surface area is 155 Å². The zero-order valence-electron chi connectivity index (χ0n) is 12.7. The Morgan fingerprint density at radius 3 is 2.48 bits per heavy atom. The fraction of sp³-hybridized carbons (Fsp3) is 0.538. The summed E-state index contributed by atoms with van der Waals surface area (Å²) in [5.74, 6) is 0.325. The van der Waals surface area contributed by atoms with Crippen molar-refractivity contribution in [3.8, 4) is 5.88 Å². The molecule has 1 rings (SSSR count). The maximum Gasteiger partial charge on any atom is 0.417 e. The molecular formula is C13H19ClF3IN4O. The van der Waals surface area contributed by atoms with Gasteiger partial charge < -0.3 is 15.4 Å². The smallest absolute Gasteiger partial charge is 0.417 e. The number of pyridine rings is 1. The van der Waals surface area contributed by atoms with Crippen molar-refractivity contribution in [2.45, 2.75) is 20.0 Å². The fourth-order valence-corrected chi connectivity index (χ4v) is 1.86. The molecule has 0 spiro atoms. The molecule has 1 heterocycles. The van der Waals surface area contributed by atoms with Crippen LogP contribution >= 0.6 is 35.6 Å². The number of hydrogen-bond acceptors (Lipinski definition) is 3. The minimum absolute atomic E-state index is 0. The Kier molecular flexibility index (Phi) is 9.59. The van der Waals surface area contributed by atoms with Crippen molar-refractivity contribution in [2.75, 3.05) is 26.2 Å². The molecule has 0 unspecified atom stereocenters. The highest BCUT2D eigenvalue weighted by atomic mass is 127. The number of nitrogens with two attached hydrogens (primary N) is 1. The Bertz CT molecular complexity index is 524. The van der Waals surface area contributed by atoms with Gasteiger partial charge in [0.05, 0.1) is 12.1 Å². The molecule has 0 saturated heterocycles. The quantitative estimate of drug-likeness (QED) is 0.302. The molecule has 0 fully saturated rings. The van der Waals surface area contributed by atoms with E-state index < -0.39 is 11.7 Å². The van der Waals surface area contributed by atoms with Crippen molar-refractivity contribution in [2.24, 2.45) is 10.7 Å². The van der Waals surface area contributed by atoms with Crippen LogP contribution in [0, 0.1) is 0 Å². The Morgan fingerprint density at radius 1 is 1.39 bits per heavy atom. The van der Waals surface area contributed by atoms with Crippen LogP contribution in [0.4, 0.5) is 13.2 Å². The van der Waals surface area contributed by atoms with E-state index >= 15 is 0 Å². The molecule has 0 atom stereocenters. The summed E-state index contributed by atoms with van der Waals surface area (Å²) in [6.07, 6.45) is -3.81. The standard InChI is InChI=1S/C13H18ClF3N4O.HI/c1-3-21(4-2)12(18)19-5-6-22-11-10(14)7-9(8-20-11)13(15,16)17;/h7-8H,3-6H2,1-2H3,(H2,18,19);1H. The maximum absolute atomic E-state index is 12.5. The molecule has 10 heteroatoms. The number of aromatic nitrogens is 1. The summed E-state index contributed by atoms with van der Waals surface area (Å²) in [4.78, 5) is 9.54. The highest BCUT2D eigenvalue weighted by Crippen LogP contribution is 2.32. The molecule has 5 nitrogen and oxygen atoms in total. The van der Waals surface area contributed by atoms with Gasteiger partial charge in [0.2, 0.25) is 5.88 Å².